The molecule has 0 unspecified atom stereocenters. The quantitative estimate of drug-likeness (QED) is 0.205. The summed E-state index contributed by atoms with van der Waals surface area (Å²) in [4.78, 5) is 57.0. The number of fused-ring (bicyclic) bond motifs is 3. The lowest BCUT2D eigenvalue weighted by Gasteiger charge is -2.22. The van der Waals surface area contributed by atoms with Crippen LogP contribution in [0.4, 0.5) is 0 Å². The smallest absolute Gasteiger partial charge is 0.266 e. The summed E-state index contributed by atoms with van der Waals surface area (Å²) in [6.45, 7) is 12.1. The van der Waals surface area contributed by atoms with Gasteiger partial charge in [0.25, 0.3) is 22.2 Å². The van der Waals surface area contributed by atoms with Gasteiger partial charge < -0.3 is 0 Å². The van der Waals surface area contributed by atoms with E-state index in [2.05, 4.69) is 47.7 Å². The summed E-state index contributed by atoms with van der Waals surface area (Å²) in [7, 11) is 0. The van der Waals surface area contributed by atoms with Crippen molar-refractivity contribution in [3.05, 3.63) is 94.8 Å². The largest absolute Gasteiger partial charge is 0.269 e. The summed E-state index contributed by atoms with van der Waals surface area (Å²) in [5.74, 6) is 0. The Morgan fingerprint density at radius 3 is 1.66 bits per heavy atom. The number of aromatic nitrogens is 4. The van der Waals surface area contributed by atoms with Gasteiger partial charge in [0.1, 0.15) is 16.0 Å². The van der Waals surface area contributed by atoms with Crippen molar-refractivity contribution in [3.8, 4) is 25.9 Å². The van der Waals surface area contributed by atoms with Crippen LogP contribution in [0, 0.1) is 0 Å². The third kappa shape index (κ3) is 4.13. The van der Waals surface area contributed by atoms with E-state index in [4.69, 9.17) is 0 Å². The molecule has 8 nitrogen and oxygen atoms in total. The number of thiophene rings is 2. The molecular formula is C33H28N4O4S3. The summed E-state index contributed by atoms with van der Waals surface area (Å²) in [6.07, 6.45) is 0.572. The van der Waals surface area contributed by atoms with E-state index in [9.17, 15) is 19.2 Å². The summed E-state index contributed by atoms with van der Waals surface area (Å²) >= 11 is 4.21. The number of rotatable bonds is 5. The van der Waals surface area contributed by atoms with Crippen molar-refractivity contribution < 1.29 is 0 Å². The molecule has 0 spiro atoms. The van der Waals surface area contributed by atoms with Crippen molar-refractivity contribution >= 4 is 67.0 Å². The van der Waals surface area contributed by atoms with Gasteiger partial charge in [0.2, 0.25) is 0 Å². The Kier molecular flexibility index (Phi) is 6.34. The lowest BCUT2D eigenvalue weighted by atomic mass is 9.95. The molecule has 11 heteroatoms. The molecule has 0 amide bonds. The Balaban J connectivity index is 1.33. The molecule has 0 aliphatic heterocycles. The van der Waals surface area contributed by atoms with Gasteiger partial charge in [-0.05, 0) is 62.1 Å². The lowest BCUT2D eigenvalue weighted by Crippen LogP contribution is -2.40. The van der Waals surface area contributed by atoms with Crippen molar-refractivity contribution in [2.24, 2.45) is 0 Å². The van der Waals surface area contributed by atoms with Crippen LogP contribution in [-0.2, 0) is 11.0 Å². The number of benzene rings is 2. The van der Waals surface area contributed by atoms with Crippen LogP contribution in [0.25, 0.3) is 58.5 Å². The van der Waals surface area contributed by atoms with Crippen molar-refractivity contribution in [1.29, 1.82) is 0 Å². The van der Waals surface area contributed by atoms with Crippen LogP contribution in [0.5, 0.6) is 0 Å². The average Bonchev–Trinajstić information content (AvgIpc) is 3.80. The first-order valence-corrected chi connectivity index (χ1v) is 16.6. The summed E-state index contributed by atoms with van der Waals surface area (Å²) < 4.78 is 11.6. The van der Waals surface area contributed by atoms with E-state index in [-0.39, 0.29) is 27.0 Å². The minimum absolute atomic E-state index is 0.0528. The zero-order chi connectivity index (χ0) is 31.3. The summed E-state index contributed by atoms with van der Waals surface area (Å²) in [5, 5.41) is 1.02. The van der Waals surface area contributed by atoms with Gasteiger partial charge in [-0.3, -0.25) is 23.7 Å². The molecule has 0 radical (unpaired) electrons. The van der Waals surface area contributed by atoms with E-state index in [1.807, 2.05) is 32.9 Å². The molecule has 0 N–H and O–H groups in total. The molecule has 7 aromatic rings. The average molecular weight is 641 g/mol. The second-order valence-electron chi connectivity index (χ2n) is 12.7. The van der Waals surface area contributed by atoms with Crippen LogP contribution in [-0.4, -0.2) is 17.9 Å². The fourth-order valence-electron chi connectivity index (χ4n) is 5.62. The highest BCUT2D eigenvalue weighted by atomic mass is 32.1. The van der Waals surface area contributed by atoms with Crippen LogP contribution >= 0.6 is 34.4 Å². The first-order valence-electron chi connectivity index (χ1n) is 14.2. The Morgan fingerprint density at radius 1 is 0.659 bits per heavy atom. The van der Waals surface area contributed by atoms with Crippen LogP contribution in [0.1, 0.15) is 52.8 Å². The molecule has 0 fully saturated rings. The van der Waals surface area contributed by atoms with Crippen molar-refractivity contribution in [1.82, 2.24) is 17.9 Å². The Bertz CT molecular complexity index is 2410. The molecule has 2 aromatic carbocycles. The van der Waals surface area contributed by atoms with Crippen LogP contribution in [0.2, 0.25) is 0 Å². The van der Waals surface area contributed by atoms with E-state index < -0.39 is 27.8 Å². The van der Waals surface area contributed by atoms with Gasteiger partial charge in [0.15, 0.2) is 0 Å². The fourth-order valence-corrected chi connectivity index (χ4v) is 8.32. The Labute approximate surface area is 263 Å². The van der Waals surface area contributed by atoms with Gasteiger partial charge in [-0.15, -0.1) is 22.7 Å². The third-order valence-corrected chi connectivity index (χ3v) is 11.6. The Hall–Kier alpha value is -4.06. The first-order chi connectivity index (χ1) is 20.8. The molecule has 7 rings (SSSR count). The monoisotopic (exact) mass is 640 g/mol. The molecule has 0 aliphatic carbocycles. The van der Waals surface area contributed by atoms with Gasteiger partial charge in [0, 0.05) is 31.3 Å². The van der Waals surface area contributed by atoms with Gasteiger partial charge in [-0.25, -0.2) is 4.57 Å². The highest BCUT2D eigenvalue weighted by molar-refractivity contribution is 7.18. The van der Waals surface area contributed by atoms with Crippen molar-refractivity contribution in [3.63, 3.8) is 0 Å². The van der Waals surface area contributed by atoms with E-state index in [1.165, 1.54) is 32.9 Å². The number of hydrogen-bond donors (Lipinski definition) is 0. The topological polar surface area (TPSA) is 104 Å². The Morgan fingerprint density at radius 2 is 1.16 bits per heavy atom. The highest BCUT2D eigenvalue weighted by Gasteiger charge is 2.27. The predicted octanol–water partition coefficient (Wildman–Crippen LogP) is 6.81. The highest BCUT2D eigenvalue weighted by Crippen LogP contribution is 2.41. The van der Waals surface area contributed by atoms with Crippen molar-refractivity contribution in [2.75, 3.05) is 0 Å². The SMILES string of the molecule is CCC(C)(C)n1c(=O)c2cc3c(=O)n(-c4ccc(-c5ccc(-c6ccc(C(C)(C)C)s6)c6nsnc56)s4)c(=O)c3cc2c1=O. The van der Waals surface area contributed by atoms with Gasteiger partial charge in [-0.1, -0.05) is 39.8 Å². The standard InChI is InChI=1S/C33H28N4O4S3/c1-7-33(5,6)37-30(40)20-14-18-19(15-21(20)31(37)41)29(39)36(28(18)38)25-13-11-23(43-25)17-9-8-16(26-27(17)35-44-34-26)22-10-12-24(42-22)32(2,3)4/h8-15H,7H2,1-6H3. The van der Waals surface area contributed by atoms with E-state index in [0.717, 1.165) is 48.2 Å². The summed E-state index contributed by atoms with van der Waals surface area (Å²) in [6, 6.07) is 14.8. The predicted molar refractivity (Wildman–Crippen MR) is 182 cm³/mol. The maximum Gasteiger partial charge on any atom is 0.266 e. The van der Waals surface area contributed by atoms with Crippen LogP contribution in [0.3, 0.4) is 0 Å². The molecule has 0 saturated carbocycles. The molecule has 5 heterocycles. The second kappa shape index (κ2) is 9.72. The van der Waals surface area contributed by atoms with Crippen molar-refractivity contribution in [2.45, 2.75) is 58.9 Å². The molecule has 0 aliphatic rings. The second-order valence-corrected chi connectivity index (χ2v) is 15.3. The minimum Gasteiger partial charge on any atom is -0.269 e. The van der Waals surface area contributed by atoms with Crippen LogP contribution in [0.15, 0.2) is 67.7 Å². The van der Waals surface area contributed by atoms with Gasteiger partial charge in [-0.2, -0.15) is 8.75 Å². The molecule has 44 heavy (non-hydrogen) atoms. The van der Waals surface area contributed by atoms with Gasteiger partial charge in [0.05, 0.1) is 33.3 Å². The number of nitrogens with zero attached hydrogens (tertiary/aromatic N) is 4. The zero-order valence-corrected chi connectivity index (χ0v) is 27.4. The normalized spacial score (nSPS) is 12.8. The summed E-state index contributed by atoms with van der Waals surface area (Å²) in [5.41, 5.74) is 0.904. The molecular weight excluding hydrogens is 613 g/mol. The molecule has 222 valence electrons. The zero-order valence-electron chi connectivity index (χ0n) is 25.0. The minimum atomic E-state index is -0.694. The maximum atomic E-state index is 13.6. The van der Waals surface area contributed by atoms with E-state index in [0.29, 0.717) is 11.4 Å². The third-order valence-electron chi connectivity index (χ3n) is 8.47. The fraction of sp³-hybridized carbons (Fsp3) is 0.273. The van der Waals surface area contributed by atoms with Gasteiger partial charge >= 0.3 is 0 Å². The molecule has 0 saturated heterocycles. The van der Waals surface area contributed by atoms with Crippen LogP contribution < -0.4 is 22.2 Å². The first kappa shape index (κ1) is 28.7. The molecule has 0 atom stereocenters. The molecule has 0 bridgehead atoms. The lowest BCUT2D eigenvalue weighted by molar-refractivity contribution is 0.328. The maximum absolute atomic E-state index is 13.6. The molecule has 5 aromatic heterocycles. The number of hydrogen-bond acceptors (Lipinski definition) is 9. The van der Waals surface area contributed by atoms with E-state index in [1.54, 1.807) is 17.4 Å². The van der Waals surface area contributed by atoms with E-state index >= 15 is 0 Å².